The summed E-state index contributed by atoms with van der Waals surface area (Å²) in [5.74, 6) is 0.500. The average Bonchev–Trinajstić information content (AvgIpc) is 2.76. The predicted octanol–water partition coefficient (Wildman–Crippen LogP) is 6.62. The minimum absolute atomic E-state index is 0.370. The lowest BCUT2D eigenvalue weighted by atomic mass is 9.90. The van der Waals surface area contributed by atoms with E-state index in [2.05, 4.69) is 91.4 Å². The first-order chi connectivity index (χ1) is 14.5. The van der Waals surface area contributed by atoms with Crippen LogP contribution in [-0.2, 0) is 6.54 Å². The van der Waals surface area contributed by atoms with E-state index in [1.165, 1.54) is 27.8 Å². The average molecular weight is 419 g/mol. The third-order valence-electron chi connectivity index (χ3n) is 6.21. The molecule has 0 aromatic heterocycles. The molecule has 1 atom stereocenters. The van der Waals surface area contributed by atoms with Crippen LogP contribution in [0.2, 0.25) is 5.02 Å². The highest BCUT2D eigenvalue weighted by Gasteiger charge is 2.27. The van der Waals surface area contributed by atoms with Crippen LogP contribution in [0, 0.1) is 0 Å². The van der Waals surface area contributed by atoms with Gasteiger partial charge in [0.25, 0.3) is 0 Å². The highest BCUT2D eigenvalue weighted by atomic mass is 35.5. The molecule has 1 aliphatic heterocycles. The first-order valence-electron chi connectivity index (χ1n) is 10.9. The van der Waals surface area contributed by atoms with Crippen LogP contribution >= 0.6 is 11.6 Å². The Balaban J connectivity index is 1.68. The van der Waals surface area contributed by atoms with Gasteiger partial charge in [-0.05, 0) is 52.9 Å². The molecule has 0 saturated carbocycles. The SMILES string of the molecule is CC(C)c1ccccc1-c1ccccc1CN1CCN(C)C[C@@H]1c1ccc(Cl)cc1. The Kier molecular flexibility index (Phi) is 6.58. The molecule has 3 aromatic carbocycles. The molecule has 1 saturated heterocycles. The molecule has 0 spiro atoms. The molecule has 30 heavy (non-hydrogen) atoms. The van der Waals surface area contributed by atoms with Crippen molar-refractivity contribution in [2.75, 3.05) is 26.7 Å². The number of halogens is 1. The Hall–Kier alpha value is -2.13. The molecule has 3 heteroatoms. The highest BCUT2D eigenvalue weighted by molar-refractivity contribution is 6.30. The van der Waals surface area contributed by atoms with E-state index in [9.17, 15) is 0 Å². The fourth-order valence-corrected chi connectivity index (χ4v) is 4.66. The summed E-state index contributed by atoms with van der Waals surface area (Å²) in [7, 11) is 2.22. The first kappa shape index (κ1) is 21.1. The van der Waals surface area contributed by atoms with E-state index in [4.69, 9.17) is 11.6 Å². The lowest BCUT2D eigenvalue weighted by Crippen LogP contribution is -2.46. The molecule has 4 rings (SSSR count). The highest BCUT2D eigenvalue weighted by Crippen LogP contribution is 2.34. The van der Waals surface area contributed by atoms with Crippen molar-refractivity contribution in [3.63, 3.8) is 0 Å². The molecule has 1 heterocycles. The maximum Gasteiger partial charge on any atom is 0.0479 e. The standard InChI is InChI=1S/C27H31ClN2/c1-20(2)24-9-6-7-11-26(24)25-10-5-4-8-22(25)18-30-17-16-29(3)19-27(30)21-12-14-23(28)15-13-21/h4-15,20,27H,16-19H2,1-3H3/t27-/m1/s1. The predicted molar refractivity (Wildman–Crippen MR) is 128 cm³/mol. The van der Waals surface area contributed by atoms with Crippen LogP contribution in [0.5, 0.6) is 0 Å². The summed E-state index contributed by atoms with van der Waals surface area (Å²) < 4.78 is 0. The maximum atomic E-state index is 6.15. The van der Waals surface area contributed by atoms with E-state index >= 15 is 0 Å². The molecule has 0 bridgehead atoms. The molecule has 2 nitrogen and oxygen atoms in total. The van der Waals surface area contributed by atoms with Crippen LogP contribution in [0.3, 0.4) is 0 Å². The van der Waals surface area contributed by atoms with Crippen LogP contribution in [-0.4, -0.2) is 36.5 Å². The second-order valence-electron chi connectivity index (χ2n) is 8.70. The van der Waals surface area contributed by atoms with Crippen LogP contribution in [0.25, 0.3) is 11.1 Å². The Labute approximate surface area is 186 Å². The minimum Gasteiger partial charge on any atom is -0.303 e. The minimum atomic E-state index is 0.370. The Morgan fingerprint density at radius 1 is 0.867 bits per heavy atom. The second-order valence-corrected chi connectivity index (χ2v) is 9.14. The van der Waals surface area contributed by atoms with E-state index in [-0.39, 0.29) is 0 Å². The lowest BCUT2D eigenvalue weighted by molar-refractivity contribution is 0.0835. The molecule has 0 radical (unpaired) electrons. The van der Waals surface area contributed by atoms with Crippen molar-refractivity contribution < 1.29 is 0 Å². The van der Waals surface area contributed by atoms with Crippen molar-refractivity contribution in [2.24, 2.45) is 0 Å². The van der Waals surface area contributed by atoms with E-state index in [1.807, 2.05) is 12.1 Å². The summed E-state index contributed by atoms with van der Waals surface area (Å²) in [5, 5.41) is 0.796. The zero-order valence-electron chi connectivity index (χ0n) is 18.2. The molecule has 0 N–H and O–H groups in total. The van der Waals surface area contributed by atoms with Gasteiger partial charge in [0, 0.05) is 37.2 Å². The van der Waals surface area contributed by atoms with Gasteiger partial charge in [0.2, 0.25) is 0 Å². The normalized spacial score (nSPS) is 18.1. The summed E-state index contributed by atoms with van der Waals surface area (Å²) in [4.78, 5) is 5.05. The Morgan fingerprint density at radius 2 is 1.53 bits per heavy atom. The lowest BCUT2D eigenvalue weighted by Gasteiger charge is -2.40. The number of hydrogen-bond acceptors (Lipinski definition) is 2. The number of hydrogen-bond donors (Lipinski definition) is 0. The maximum absolute atomic E-state index is 6.15. The van der Waals surface area contributed by atoms with Gasteiger partial charge >= 0.3 is 0 Å². The summed E-state index contributed by atoms with van der Waals surface area (Å²) >= 11 is 6.15. The van der Waals surface area contributed by atoms with Gasteiger partial charge in [0.1, 0.15) is 0 Å². The molecule has 156 valence electrons. The Bertz CT molecular complexity index is 980. The van der Waals surface area contributed by atoms with Crippen LogP contribution in [0.1, 0.15) is 42.5 Å². The zero-order valence-corrected chi connectivity index (χ0v) is 18.9. The molecular formula is C27H31ClN2. The Morgan fingerprint density at radius 3 is 2.27 bits per heavy atom. The largest absolute Gasteiger partial charge is 0.303 e. The van der Waals surface area contributed by atoms with E-state index < -0.39 is 0 Å². The summed E-state index contributed by atoms with van der Waals surface area (Å²) in [6.45, 7) is 8.69. The van der Waals surface area contributed by atoms with Crippen LogP contribution in [0.4, 0.5) is 0 Å². The molecule has 0 aliphatic carbocycles. The summed E-state index contributed by atoms with van der Waals surface area (Å²) in [6, 6.07) is 26.5. The van der Waals surface area contributed by atoms with Crippen molar-refractivity contribution in [3.8, 4) is 11.1 Å². The smallest absolute Gasteiger partial charge is 0.0479 e. The molecule has 1 aliphatic rings. The van der Waals surface area contributed by atoms with Gasteiger partial charge in [-0.25, -0.2) is 0 Å². The number of nitrogens with zero attached hydrogens (tertiary/aromatic N) is 2. The van der Waals surface area contributed by atoms with Crippen molar-refractivity contribution in [1.29, 1.82) is 0 Å². The molecular weight excluding hydrogens is 388 g/mol. The second kappa shape index (κ2) is 9.34. The van der Waals surface area contributed by atoms with Crippen molar-refractivity contribution in [2.45, 2.75) is 32.4 Å². The third kappa shape index (κ3) is 4.62. The topological polar surface area (TPSA) is 6.48 Å². The van der Waals surface area contributed by atoms with Gasteiger partial charge in [-0.3, -0.25) is 4.90 Å². The molecule has 3 aromatic rings. The van der Waals surface area contributed by atoms with Gasteiger partial charge in [0.05, 0.1) is 0 Å². The first-order valence-corrected chi connectivity index (χ1v) is 11.3. The van der Waals surface area contributed by atoms with Gasteiger partial charge in [-0.2, -0.15) is 0 Å². The molecule has 0 unspecified atom stereocenters. The zero-order chi connectivity index (χ0) is 21.1. The van der Waals surface area contributed by atoms with Crippen LogP contribution in [0.15, 0.2) is 72.8 Å². The quantitative estimate of drug-likeness (QED) is 0.459. The van der Waals surface area contributed by atoms with E-state index in [0.29, 0.717) is 12.0 Å². The van der Waals surface area contributed by atoms with Gasteiger partial charge in [0.15, 0.2) is 0 Å². The molecule has 1 fully saturated rings. The molecule has 0 amide bonds. The van der Waals surface area contributed by atoms with Gasteiger partial charge in [-0.1, -0.05) is 86.1 Å². The van der Waals surface area contributed by atoms with Gasteiger partial charge < -0.3 is 4.90 Å². The van der Waals surface area contributed by atoms with Gasteiger partial charge in [-0.15, -0.1) is 0 Å². The number of rotatable bonds is 5. The van der Waals surface area contributed by atoms with Crippen LogP contribution < -0.4 is 0 Å². The fourth-order valence-electron chi connectivity index (χ4n) is 4.53. The third-order valence-corrected chi connectivity index (χ3v) is 6.46. The van der Waals surface area contributed by atoms with Crippen molar-refractivity contribution in [1.82, 2.24) is 9.80 Å². The number of piperazine rings is 1. The van der Waals surface area contributed by atoms with E-state index in [0.717, 1.165) is 31.2 Å². The monoisotopic (exact) mass is 418 g/mol. The summed E-state index contributed by atoms with van der Waals surface area (Å²) in [5.41, 5.74) is 6.87. The van der Waals surface area contributed by atoms with Crippen molar-refractivity contribution >= 4 is 11.6 Å². The number of likely N-dealkylation sites (N-methyl/N-ethyl adjacent to an activating group) is 1. The van der Waals surface area contributed by atoms with E-state index in [1.54, 1.807) is 0 Å². The number of benzene rings is 3. The fraction of sp³-hybridized carbons (Fsp3) is 0.333. The van der Waals surface area contributed by atoms with Crippen molar-refractivity contribution in [3.05, 3.63) is 94.5 Å². The summed E-state index contributed by atoms with van der Waals surface area (Å²) in [6.07, 6.45) is 0.